The Bertz CT molecular complexity index is 320. The van der Waals surface area contributed by atoms with Crippen LogP contribution in [0, 0.1) is 0 Å². The van der Waals surface area contributed by atoms with Gasteiger partial charge in [-0.1, -0.05) is 0 Å². The highest BCUT2D eigenvalue weighted by Gasteiger charge is 2.46. The second kappa shape index (κ2) is 8.03. The Morgan fingerprint density at radius 3 is 2.63 bits per heavy atom. The van der Waals surface area contributed by atoms with Crippen molar-refractivity contribution >= 4 is 27.4 Å². The van der Waals surface area contributed by atoms with Crippen LogP contribution in [0.2, 0.25) is 0 Å². The molecule has 0 amide bonds. The number of thioether (sulfide) groups is 1. The van der Waals surface area contributed by atoms with Crippen molar-refractivity contribution < 1.29 is 28.0 Å². The van der Waals surface area contributed by atoms with Crippen LogP contribution in [0.25, 0.3) is 0 Å². The van der Waals surface area contributed by atoms with Gasteiger partial charge in [0.25, 0.3) is 0 Å². The molecule has 1 N–H and O–H groups in total. The summed E-state index contributed by atoms with van der Waals surface area (Å²) in [5, 5.41) is -0.0219. The van der Waals surface area contributed by atoms with E-state index in [0.29, 0.717) is 13.2 Å². The van der Waals surface area contributed by atoms with Gasteiger partial charge >= 0.3 is 7.82 Å². The molecule has 112 valence electrons. The molecular weight excluding hydrogens is 290 g/mol. The summed E-state index contributed by atoms with van der Waals surface area (Å²) in [5.41, 5.74) is 0. The molecule has 1 aliphatic rings. The van der Waals surface area contributed by atoms with E-state index in [0.717, 1.165) is 0 Å². The zero-order chi connectivity index (χ0) is 14.5. The molecule has 1 fully saturated rings. The van der Waals surface area contributed by atoms with E-state index >= 15 is 0 Å². The molecule has 1 unspecified atom stereocenters. The molecule has 5 atom stereocenters. The molecule has 0 aliphatic carbocycles. The molecule has 1 aliphatic heterocycles. The monoisotopic (exact) mass is 312 g/mol. The molecule has 0 spiro atoms. The summed E-state index contributed by atoms with van der Waals surface area (Å²) in [6, 6.07) is -0.0629. The van der Waals surface area contributed by atoms with Gasteiger partial charge in [0.05, 0.1) is 18.5 Å². The van der Waals surface area contributed by atoms with Gasteiger partial charge in [0.2, 0.25) is 0 Å². The van der Waals surface area contributed by atoms with Crippen molar-refractivity contribution in [1.29, 1.82) is 0 Å². The van der Waals surface area contributed by atoms with Crippen LogP contribution in [-0.2, 0) is 23.1 Å². The average molecular weight is 312 g/mol. The molecule has 1 saturated heterocycles. The molecular formula is C10H22BO6PS. The summed E-state index contributed by atoms with van der Waals surface area (Å²) in [7, 11) is -2.11. The third-order valence-electron chi connectivity index (χ3n) is 2.85. The summed E-state index contributed by atoms with van der Waals surface area (Å²) in [4.78, 5) is 9.62. The number of rotatable bonds is 8. The number of hydrogen-bond donors (Lipinski definition) is 1. The SMILES string of the molecule is B[C@@H]1O[C@H](COCC)[C@@H](OP(=O)(O)OCC)[C@H]1SC. The summed E-state index contributed by atoms with van der Waals surface area (Å²) in [5.74, 6) is 0. The summed E-state index contributed by atoms with van der Waals surface area (Å²) >= 11 is 1.55. The lowest BCUT2D eigenvalue weighted by molar-refractivity contribution is -0.0288. The van der Waals surface area contributed by atoms with E-state index in [9.17, 15) is 9.46 Å². The Kier molecular flexibility index (Phi) is 7.39. The predicted octanol–water partition coefficient (Wildman–Crippen LogP) is 0.635. The minimum Gasteiger partial charge on any atom is -0.379 e. The molecule has 0 saturated carbocycles. The van der Waals surface area contributed by atoms with Crippen molar-refractivity contribution in [3.8, 4) is 0 Å². The second-order valence-corrected chi connectivity index (χ2v) is 6.62. The normalized spacial score (nSPS) is 34.3. The van der Waals surface area contributed by atoms with Crippen LogP contribution >= 0.6 is 19.6 Å². The van der Waals surface area contributed by atoms with Gasteiger partial charge in [0.1, 0.15) is 20.1 Å². The van der Waals surface area contributed by atoms with Crippen LogP contribution in [0.3, 0.4) is 0 Å². The van der Waals surface area contributed by atoms with Crippen LogP contribution < -0.4 is 0 Å². The zero-order valence-corrected chi connectivity index (χ0v) is 13.5. The predicted molar refractivity (Wildman–Crippen MR) is 77.3 cm³/mol. The molecule has 1 rings (SSSR count). The third-order valence-corrected chi connectivity index (χ3v) is 5.14. The van der Waals surface area contributed by atoms with Crippen LogP contribution in [0.1, 0.15) is 13.8 Å². The Balaban J connectivity index is 2.74. The van der Waals surface area contributed by atoms with E-state index in [1.165, 1.54) is 0 Å². The van der Waals surface area contributed by atoms with Gasteiger partial charge in [-0.2, -0.15) is 11.8 Å². The van der Waals surface area contributed by atoms with Crippen molar-refractivity contribution in [2.45, 2.75) is 37.3 Å². The van der Waals surface area contributed by atoms with Crippen LogP contribution in [-0.4, -0.2) is 62.3 Å². The molecule has 0 aromatic carbocycles. The van der Waals surface area contributed by atoms with E-state index in [1.807, 2.05) is 21.0 Å². The number of ether oxygens (including phenoxy) is 2. The van der Waals surface area contributed by atoms with Crippen molar-refractivity contribution in [3.63, 3.8) is 0 Å². The second-order valence-electron chi connectivity index (χ2n) is 4.20. The quantitative estimate of drug-likeness (QED) is 0.520. The van der Waals surface area contributed by atoms with Gasteiger partial charge in [-0.3, -0.25) is 9.05 Å². The van der Waals surface area contributed by atoms with Crippen molar-refractivity contribution in [1.82, 2.24) is 0 Å². The van der Waals surface area contributed by atoms with Crippen molar-refractivity contribution in [2.75, 3.05) is 26.1 Å². The van der Waals surface area contributed by atoms with Crippen LogP contribution in [0.5, 0.6) is 0 Å². The number of phosphoric ester groups is 1. The molecule has 9 heteroatoms. The summed E-state index contributed by atoms with van der Waals surface area (Å²) in [6.07, 6.45) is 1.06. The fourth-order valence-corrected chi connectivity index (χ4v) is 4.07. The Morgan fingerprint density at radius 1 is 1.42 bits per heavy atom. The zero-order valence-electron chi connectivity index (χ0n) is 11.8. The largest absolute Gasteiger partial charge is 0.472 e. The summed E-state index contributed by atoms with van der Waals surface area (Å²) in [6.45, 7) is 4.56. The maximum Gasteiger partial charge on any atom is 0.472 e. The van der Waals surface area contributed by atoms with Gasteiger partial charge in [0, 0.05) is 12.6 Å². The van der Waals surface area contributed by atoms with E-state index in [4.69, 9.17) is 18.5 Å². The standard InChI is InChI=1S/C10H22BO6PS/c1-4-14-6-7-8(9(19-3)10(11)16-7)17-18(12,13)15-5-2/h7-10H,4-6,11H2,1-3H3,(H,12,13)/t7-,8-,9-,10-/m1/s1. The maximum atomic E-state index is 11.8. The van der Waals surface area contributed by atoms with Crippen LogP contribution in [0.4, 0.5) is 0 Å². The van der Waals surface area contributed by atoms with Gasteiger partial charge < -0.3 is 14.4 Å². The Labute approximate surface area is 119 Å². The van der Waals surface area contributed by atoms with E-state index in [-0.39, 0.29) is 24.0 Å². The van der Waals surface area contributed by atoms with Gasteiger partial charge in [-0.25, -0.2) is 4.57 Å². The highest BCUT2D eigenvalue weighted by molar-refractivity contribution is 7.99. The Hall–Kier alpha value is 0.445. The third kappa shape index (κ3) is 5.04. The van der Waals surface area contributed by atoms with Crippen LogP contribution in [0.15, 0.2) is 0 Å². The smallest absolute Gasteiger partial charge is 0.379 e. The first-order valence-corrected chi connectivity index (χ1v) is 9.15. The highest BCUT2D eigenvalue weighted by Crippen LogP contribution is 2.48. The molecule has 0 radical (unpaired) electrons. The fourth-order valence-electron chi connectivity index (χ4n) is 2.08. The highest BCUT2D eigenvalue weighted by atomic mass is 32.2. The lowest BCUT2D eigenvalue weighted by atomic mass is 9.95. The van der Waals surface area contributed by atoms with Gasteiger partial charge in [-0.15, -0.1) is 0 Å². The first-order valence-electron chi connectivity index (χ1n) is 6.36. The average Bonchev–Trinajstić information content (AvgIpc) is 2.61. The van der Waals surface area contributed by atoms with Crippen molar-refractivity contribution in [2.24, 2.45) is 0 Å². The first kappa shape index (κ1) is 17.5. The molecule has 0 aromatic heterocycles. The minimum atomic E-state index is -4.04. The van der Waals surface area contributed by atoms with E-state index in [1.54, 1.807) is 18.7 Å². The van der Waals surface area contributed by atoms with Crippen molar-refractivity contribution in [3.05, 3.63) is 0 Å². The lowest BCUT2D eigenvalue weighted by Gasteiger charge is -2.24. The molecule has 19 heavy (non-hydrogen) atoms. The number of hydrogen-bond acceptors (Lipinski definition) is 6. The van der Waals surface area contributed by atoms with E-state index in [2.05, 4.69) is 0 Å². The number of phosphoric acid groups is 1. The molecule has 0 aromatic rings. The fraction of sp³-hybridized carbons (Fsp3) is 1.00. The van der Waals surface area contributed by atoms with Gasteiger partial charge in [0.15, 0.2) is 0 Å². The topological polar surface area (TPSA) is 74.2 Å². The molecule has 1 heterocycles. The molecule has 0 bridgehead atoms. The maximum absolute atomic E-state index is 11.8. The van der Waals surface area contributed by atoms with E-state index < -0.39 is 13.9 Å². The lowest BCUT2D eigenvalue weighted by Crippen LogP contribution is -2.35. The summed E-state index contributed by atoms with van der Waals surface area (Å²) < 4.78 is 32.9. The minimum absolute atomic E-state index is 0.0219. The first-order chi connectivity index (χ1) is 8.95. The molecule has 6 nitrogen and oxygen atoms in total. The van der Waals surface area contributed by atoms with Gasteiger partial charge in [-0.05, 0) is 20.1 Å². The Morgan fingerprint density at radius 2 is 2.11 bits per heavy atom.